The molecule has 2 aromatic carbocycles. The van der Waals surface area contributed by atoms with Gasteiger partial charge in [-0.25, -0.2) is 0 Å². The van der Waals surface area contributed by atoms with Gasteiger partial charge in [-0.15, -0.1) is 11.8 Å². The van der Waals surface area contributed by atoms with Crippen molar-refractivity contribution < 1.29 is 0 Å². The molecule has 0 aromatic heterocycles. The predicted octanol–water partition coefficient (Wildman–Crippen LogP) is 5.05. The maximum absolute atomic E-state index is 2.49. The molecular weight excluding hydrogens is 272 g/mol. The second kappa shape index (κ2) is 4.04. The van der Waals surface area contributed by atoms with Gasteiger partial charge in [-0.3, -0.25) is 0 Å². The minimum absolute atomic E-state index is 0.315. The first-order valence-corrected chi connectivity index (χ1v) is 8.74. The Hall–Kier alpha value is -1.47. The molecule has 21 heavy (non-hydrogen) atoms. The summed E-state index contributed by atoms with van der Waals surface area (Å²) in [5, 5.41) is 1.67. The van der Waals surface area contributed by atoms with Crippen molar-refractivity contribution in [3.63, 3.8) is 0 Å². The van der Waals surface area contributed by atoms with Gasteiger partial charge in [-0.05, 0) is 46.1 Å². The molecule has 5 rings (SSSR count). The lowest BCUT2D eigenvalue weighted by Crippen LogP contribution is -2.34. The normalized spacial score (nSPS) is 31.9. The molecule has 1 fully saturated rings. The fraction of sp³-hybridized carbons (Fsp3) is 0.300. The second-order valence-corrected chi connectivity index (χ2v) is 8.24. The SMILES string of the molecule is CC1(Cc2ccccc2)CC2SC2C2=C1c1ccccc12. The van der Waals surface area contributed by atoms with Crippen molar-refractivity contribution in [1.29, 1.82) is 0 Å². The Morgan fingerprint density at radius 3 is 2.52 bits per heavy atom. The molecule has 1 saturated heterocycles. The van der Waals surface area contributed by atoms with Gasteiger partial charge in [-0.2, -0.15) is 0 Å². The number of rotatable bonds is 2. The zero-order chi connectivity index (χ0) is 14.0. The molecule has 3 unspecified atom stereocenters. The van der Waals surface area contributed by atoms with Gasteiger partial charge >= 0.3 is 0 Å². The third-order valence-electron chi connectivity index (χ3n) is 5.32. The van der Waals surface area contributed by atoms with Gasteiger partial charge in [0.1, 0.15) is 0 Å². The van der Waals surface area contributed by atoms with Crippen LogP contribution in [0, 0.1) is 5.41 Å². The lowest BCUT2D eigenvalue weighted by molar-refractivity contribution is 0.401. The molecule has 3 atom stereocenters. The summed E-state index contributed by atoms with van der Waals surface area (Å²) < 4.78 is 0. The molecular formula is C20H18S. The first-order chi connectivity index (χ1) is 10.3. The molecule has 3 aliphatic rings. The van der Waals surface area contributed by atoms with Crippen LogP contribution in [0.5, 0.6) is 0 Å². The van der Waals surface area contributed by atoms with E-state index in [0.717, 1.165) is 10.5 Å². The molecule has 0 saturated carbocycles. The van der Waals surface area contributed by atoms with Gasteiger partial charge < -0.3 is 0 Å². The second-order valence-electron chi connectivity index (χ2n) is 6.86. The molecule has 104 valence electrons. The molecule has 0 N–H and O–H groups in total. The third-order valence-corrected chi connectivity index (χ3v) is 6.65. The zero-order valence-corrected chi connectivity index (χ0v) is 13.0. The highest BCUT2D eigenvalue weighted by atomic mass is 32.2. The molecule has 0 amide bonds. The van der Waals surface area contributed by atoms with Crippen molar-refractivity contribution in [2.75, 3.05) is 0 Å². The predicted molar refractivity (Wildman–Crippen MR) is 91.3 cm³/mol. The molecule has 0 bridgehead atoms. The highest BCUT2D eigenvalue weighted by Crippen LogP contribution is 2.68. The van der Waals surface area contributed by atoms with Crippen LogP contribution in [0.25, 0.3) is 11.1 Å². The van der Waals surface area contributed by atoms with Crippen LogP contribution in [0.4, 0.5) is 0 Å². The summed E-state index contributed by atoms with van der Waals surface area (Å²) in [5.74, 6) is 0. The van der Waals surface area contributed by atoms with E-state index in [4.69, 9.17) is 0 Å². The van der Waals surface area contributed by atoms with E-state index >= 15 is 0 Å². The molecule has 0 nitrogen and oxygen atoms in total. The number of allylic oxidation sites excluding steroid dienone is 1. The largest absolute Gasteiger partial charge is 0.148 e. The zero-order valence-electron chi connectivity index (χ0n) is 12.2. The van der Waals surface area contributed by atoms with Gasteiger partial charge in [0.2, 0.25) is 0 Å². The van der Waals surface area contributed by atoms with Crippen LogP contribution in [0.2, 0.25) is 0 Å². The van der Waals surface area contributed by atoms with Gasteiger partial charge in [0.25, 0.3) is 0 Å². The average molecular weight is 290 g/mol. The summed E-state index contributed by atoms with van der Waals surface area (Å²) in [5.41, 5.74) is 8.21. The standard InChI is InChI=1S/C20H18S/c1-20(11-13-7-3-2-4-8-13)12-16-19(21-16)17-14-9-5-6-10-15(14)18(17)20/h2-10,16,19H,11-12H2,1H3. The van der Waals surface area contributed by atoms with Crippen molar-refractivity contribution in [3.05, 3.63) is 71.3 Å². The van der Waals surface area contributed by atoms with E-state index in [9.17, 15) is 0 Å². The molecule has 2 aromatic rings. The van der Waals surface area contributed by atoms with E-state index < -0.39 is 0 Å². The fourth-order valence-corrected chi connectivity index (χ4v) is 5.77. The third kappa shape index (κ3) is 1.64. The van der Waals surface area contributed by atoms with Crippen molar-refractivity contribution in [2.24, 2.45) is 5.41 Å². The molecule has 1 aliphatic heterocycles. The highest BCUT2D eigenvalue weighted by Gasteiger charge is 2.56. The van der Waals surface area contributed by atoms with Crippen molar-refractivity contribution in [1.82, 2.24) is 0 Å². The lowest BCUT2D eigenvalue weighted by Gasteiger charge is -2.44. The molecule has 0 radical (unpaired) electrons. The van der Waals surface area contributed by atoms with E-state index in [0.29, 0.717) is 5.41 Å². The van der Waals surface area contributed by atoms with Crippen molar-refractivity contribution in [3.8, 4) is 0 Å². The Kier molecular flexibility index (Phi) is 2.33. The van der Waals surface area contributed by atoms with Crippen molar-refractivity contribution in [2.45, 2.75) is 30.3 Å². The summed E-state index contributed by atoms with van der Waals surface area (Å²) in [6.07, 6.45) is 2.51. The first kappa shape index (κ1) is 12.1. The van der Waals surface area contributed by atoms with Gasteiger partial charge in [0.05, 0.1) is 0 Å². The van der Waals surface area contributed by atoms with Crippen LogP contribution >= 0.6 is 11.8 Å². The Balaban J connectivity index is 1.60. The number of thioether (sulfide) groups is 1. The summed E-state index contributed by atoms with van der Waals surface area (Å²) in [7, 11) is 0. The summed E-state index contributed by atoms with van der Waals surface area (Å²) in [6.45, 7) is 2.49. The van der Waals surface area contributed by atoms with E-state index in [1.165, 1.54) is 29.5 Å². The average Bonchev–Trinajstić information content (AvgIpc) is 3.20. The molecule has 2 aliphatic carbocycles. The minimum Gasteiger partial charge on any atom is -0.148 e. The Bertz CT molecular complexity index is 758. The van der Waals surface area contributed by atoms with Crippen LogP contribution < -0.4 is 0 Å². The molecule has 1 heteroatoms. The number of hydrogen-bond donors (Lipinski definition) is 0. The summed E-state index contributed by atoms with van der Waals surface area (Å²) in [4.78, 5) is 0. The van der Waals surface area contributed by atoms with E-state index in [-0.39, 0.29) is 0 Å². The number of fused-ring (bicyclic) bond motifs is 5. The summed E-state index contributed by atoms with van der Waals surface area (Å²) >= 11 is 2.18. The van der Waals surface area contributed by atoms with E-state index in [2.05, 4.69) is 73.3 Å². The molecule has 0 spiro atoms. The smallest absolute Gasteiger partial charge is 0.0429 e. The van der Waals surface area contributed by atoms with E-state index in [1.54, 1.807) is 11.1 Å². The number of hydrogen-bond acceptors (Lipinski definition) is 1. The van der Waals surface area contributed by atoms with Crippen molar-refractivity contribution >= 4 is 22.9 Å². The van der Waals surface area contributed by atoms with Crippen LogP contribution in [-0.2, 0) is 6.42 Å². The van der Waals surface area contributed by atoms with Crippen LogP contribution in [0.1, 0.15) is 30.0 Å². The maximum Gasteiger partial charge on any atom is 0.0429 e. The number of benzene rings is 2. The van der Waals surface area contributed by atoms with Crippen LogP contribution in [0.15, 0.2) is 54.6 Å². The van der Waals surface area contributed by atoms with E-state index in [1.807, 2.05) is 0 Å². The summed E-state index contributed by atoms with van der Waals surface area (Å²) in [6, 6.07) is 20.0. The molecule has 1 heterocycles. The Morgan fingerprint density at radius 2 is 1.71 bits per heavy atom. The topological polar surface area (TPSA) is 0 Å². The van der Waals surface area contributed by atoms with Gasteiger partial charge in [0.15, 0.2) is 0 Å². The first-order valence-electron chi connectivity index (χ1n) is 7.80. The Morgan fingerprint density at radius 1 is 1.00 bits per heavy atom. The highest BCUT2D eigenvalue weighted by molar-refractivity contribution is 8.08. The van der Waals surface area contributed by atoms with Gasteiger partial charge in [0, 0.05) is 10.5 Å². The lowest BCUT2D eigenvalue weighted by atomic mass is 9.59. The fourth-order valence-electron chi connectivity index (χ4n) is 4.40. The quantitative estimate of drug-likeness (QED) is 0.698. The van der Waals surface area contributed by atoms with Gasteiger partial charge in [-0.1, -0.05) is 61.5 Å². The minimum atomic E-state index is 0.315. The maximum atomic E-state index is 2.49. The van der Waals surface area contributed by atoms with Crippen LogP contribution in [0.3, 0.4) is 0 Å². The Labute approximate surface area is 130 Å². The van der Waals surface area contributed by atoms with Crippen LogP contribution in [-0.4, -0.2) is 10.5 Å². The monoisotopic (exact) mass is 290 g/mol.